The van der Waals surface area contributed by atoms with Gasteiger partial charge >= 0.3 is 5.97 Å². The maximum atomic E-state index is 12.6. The van der Waals surface area contributed by atoms with E-state index in [-0.39, 0.29) is 5.56 Å². The smallest absolute Gasteiger partial charge is 0.348 e. The molecular formula is C18H20N3O3S2+. The normalized spacial score (nSPS) is 19.9. The fourth-order valence-corrected chi connectivity index (χ4v) is 5.77. The number of ether oxygens (including phenoxy) is 1. The highest BCUT2D eigenvalue weighted by molar-refractivity contribution is 7.20. The number of quaternary nitrogens is 1. The molecule has 4 rings (SSSR count). The first-order chi connectivity index (χ1) is 12.6. The van der Waals surface area contributed by atoms with Gasteiger partial charge in [-0.1, -0.05) is 6.07 Å². The lowest BCUT2D eigenvalue weighted by Crippen LogP contribution is -3.09. The van der Waals surface area contributed by atoms with Crippen LogP contribution in [-0.2, 0) is 11.3 Å². The van der Waals surface area contributed by atoms with Crippen LogP contribution in [-0.4, -0.2) is 29.6 Å². The van der Waals surface area contributed by atoms with Crippen LogP contribution in [0.2, 0.25) is 0 Å². The van der Waals surface area contributed by atoms with Crippen molar-refractivity contribution in [3.8, 4) is 0 Å². The maximum absolute atomic E-state index is 12.6. The number of aryl methyl sites for hydroxylation is 1. The first kappa shape index (κ1) is 17.4. The number of methoxy groups -OCH3 is 1. The summed E-state index contributed by atoms with van der Waals surface area (Å²) in [5.74, 6) is 0.257. The Morgan fingerprint density at radius 2 is 2.35 bits per heavy atom. The standard InChI is InChI=1S/C18H19N3O3S2/c1-10-14-16(22)19-13(20-17(14)26-15(10)18(23)24-2)9-21-7-3-5-11(21)12-6-4-8-25-12/h4,6,8,11H,3,5,7,9H2,1-2H3,(H,19,20,22)/p+1/t11-/m0/s1. The lowest BCUT2D eigenvalue weighted by atomic mass is 10.2. The van der Waals surface area contributed by atoms with Gasteiger partial charge in [0, 0.05) is 12.8 Å². The Kier molecular flexibility index (Phi) is 4.64. The summed E-state index contributed by atoms with van der Waals surface area (Å²) in [6.45, 7) is 3.51. The predicted octanol–water partition coefficient (Wildman–Crippen LogP) is 2.06. The predicted molar refractivity (Wildman–Crippen MR) is 102 cm³/mol. The van der Waals surface area contributed by atoms with Gasteiger partial charge in [0.2, 0.25) is 0 Å². The van der Waals surface area contributed by atoms with Gasteiger partial charge in [-0.25, -0.2) is 9.78 Å². The number of aromatic nitrogens is 2. The van der Waals surface area contributed by atoms with Gasteiger partial charge in [0.15, 0.2) is 5.82 Å². The summed E-state index contributed by atoms with van der Waals surface area (Å²) in [4.78, 5) is 35.9. The van der Waals surface area contributed by atoms with E-state index < -0.39 is 5.97 Å². The van der Waals surface area contributed by atoms with E-state index in [4.69, 9.17) is 4.74 Å². The molecule has 1 saturated heterocycles. The van der Waals surface area contributed by atoms with Crippen LogP contribution in [0.25, 0.3) is 10.2 Å². The number of aromatic amines is 1. The minimum Gasteiger partial charge on any atom is -0.465 e. The van der Waals surface area contributed by atoms with Crippen molar-refractivity contribution in [3.63, 3.8) is 0 Å². The van der Waals surface area contributed by atoms with E-state index in [1.807, 2.05) is 0 Å². The minimum atomic E-state index is -0.422. The number of nitrogens with one attached hydrogen (secondary N) is 2. The maximum Gasteiger partial charge on any atom is 0.348 e. The second kappa shape index (κ2) is 6.94. The van der Waals surface area contributed by atoms with E-state index in [9.17, 15) is 9.59 Å². The summed E-state index contributed by atoms with van der Waals surface area (Å²) < 4.78 is 4.81. The number of thiophene rings is 2. The van der Waals surface area contributed by atoms with Crippen LogP contribution in [0.3, 0.4) is 0 Å². The van der Waals surface area contributed by atoms with Crippen molar-refractivity contribution in [3.05, 3.63) is 49.0 Å². The number of carbonyl (C=O) groups is 1. The van der Waals surface area contributed by atoms with Crippen molar-refractivity contribution in [1.29, 1.82) is 0 Å². The van der Waals surface area contributed by atoms with Gasteiger partial charge in [-0.3, -0.25) is 4.79 Å². The van der Waals surface area contributed by atoms with Gasteiger partial charge < -0.3 is 14.6 Å². The molecule has 1 unspecified atom stereocenters. The molecule has 4 heterocycles. The number of nitrogens with zero attached hydrogens (tertiary/aromatic N) is 1. The van der Waals surface area contributed by atoms with E-state index in [1.165, 1.54) is 34.6 Å². The molecule has 26 heavy (non-hydrogen) atoms. The van der Waals surface area contributed by atoms with Gasteiger partial charge in [0.05, 0.1) is 23.9 Å². The monoisotopic (exact) mass is 390 g/mol. The highest BCUT2D eigenvalue weighted by atomic mass is 32.1. The quantitative estimate of drug-likeness (QED) is 0.669. The Labute approximate surface area is 158 Å². The van der Waals surface area contributed by atoms with Gasteiger partial charge in [-0.15, -0.1) is 22.7 Å². The Morgan fingerprint density at radius 3 is 3.08 bits per heavy atom. The summed E-state index contributed by atoms with van der Waals surface area (Å²) in [7, 11) is 1.34. The molecule has 0 aliphatic carbocycles. The zero-order valence-electron chi connectivity index (χ0n) is 14.6. The summed E-state index contributed by atoms with van der Waals surface area (Å²) in [6, 6.07) is 4.74. The van der Waals surface area contributed by atoms with Gasteiger partial charge in [-0.2, -0.15) is 0 Å². The van der Waals surface area contributed by atoms with Crippen LogP contribution in [0.5, 0.6) is 0 Å². The minimum absolute atomic E-state index is 0.180. The van der Waals surface area contributed by atoms with Gasteiger partial charge in [0.25, 0.3) is 5.56 Å². The highest BCUT2D eigenvalue weighted by Gasteiger charge is 2.31. The molecule has 3 aromatic heterocycles. The summed E-state index contributed by atoms with van der Waals surface area (Å²) >= 11 is 3.02. The summed E-state index contributed by atoms with van der Waals surface area (Å²) in [5, 5.41) is 2.60. The Bertz CT molecular complexity index is 1010. The van der Waals surface area contributed by atoms with E-state index in [0.717, 1.165) is 13.0 Å². The molecule has 0 aromatic carbocycles. The molecule has 136 valence electrons. The molecule has 0 spiro atoms. The lowest BCUT2D eigenvalue weighted by Gasteiger charge is -2.19. The van der Waals surface area contributed by atoms with Crippen LogP contribution in [0, 0.1) is 6.92 Å². The lowest BCUT2D eigenvalue weighted by molar-refractivity contribution is -0.932. The van der Waals surface area contributed by atoms with Crippen LogP contribution in [0.15, 0.2) is 22.3 Å². The van der Waals surface area contributed by atoms with Crippen molar-refractivity contribution in [2.24, 2.45) is 0 Å². The first-order valence-corrected chi connectivity index (χ1v) is 10.3. The average molecular weight is 391 g/mol. The molecule has 0 radical (unpaired) electrons. The molecule has 2 N–H and O–H groups in total. The molecule has 0 amide bonds. The molecule has 1 aliphatic heterocycles. The number of H-pyrrole nitrogens is 1. The SMILES string of the molecule is COC(=O)c1sc2nc(C[NH+]3CCC[C@H]3c3cccs3)[nH]c(=O)c2c1C. The van der Waals surface area contributed by atoms with Crippen LogP contribution < -0.4 is 10.5 Å². The number of carbonyl (C=O) groups excluding carboxylic acids is 1. The molecular weight excluding hydrogens is 370 g/mol. The number of hydrogen-bond donors (Lipinski definition) is 2. The van der Waals surface area contributed by atoms with Crippen LogP contribution in [0.1, 0.15) is 44.8 Å². The molecule has 0 saturated carbocycles. The van der Waals surface area contributed by atoms with Crippen molar-refractivity contribution in [2.75, 3.05) is 13.7 Å². The zero-order valence-corrected chi connectivity index (χ0v) is 16.3. The van der Waals surface area contributed by atoms with Crippen molar-refractivity contribution < 1.29 is 14.4 Å². The van der Waals surface area contributed by atoms with Crippen LogP contribution in [0.4, 0.5) is 0 Å². The third-order valence-corrected chi connectivity index (χ3v) is 7.14. The fourth-order valence-electron chi connectivity index (χ4n) is 3.73. The average Bonchev–Trinajstić information content (AvgIpc) is 3.34. The Hall–Kier alpha value is -2.03. The molecule has 8 heteroatoms. The van der Waals surface area contributed by atoms with E-state index in [2.05, 4.69) is 27.5 Å². The molecule has 6 nitrogen and oxygen atoms in total. The number of esters is 1. The third-order valence-electron chi connectivity index (χ3n) is 4.98. The van der Waals surface area contributed by atoms with Gasteiger partial charge in [-0.05, 0) is 23.9 Å². The molecule has 0 bridgehead atoms. The van der Waals surface area contributed by atoms with Crippen LogP contribution >= 0.6 is 22.7 Å². The summed E-state index contributed by atoms with van der Waals surface area (Å²) in [6.07, 6.45) is 2.34. The fraction of sp³-hybridized carbons (Fsp3) is 0.389. The number of hydrogen-bond acceptors (Lipinski definition) is 6. The molecule has 3 aromatic rings. The largest absolute Gasteiger partial charge is 0.465 e. The topological polar surface area (TPSA) is 76.5 Å². The second-order valence-corrected chi connectivity index (χ2v) is 8.51. The van der Waals surface area contributed by atoms with E-state index >= 15 is 0 Å². The first-order valence-electron chi connectivity index (χ1n) is 8.57. The van der Waals surface area contributed by atoms with E-state index in [0.29, 0.717) is 39.1 Å². The van der Waals surface area contributed by atoms with Gasteiger partial charge in [0.1, 0.15) is 22.3 Å². The Balaban J connectivity index is 1.67. The second-order valence-electron chi connectivity index (χ2n) is 6.54. The highest BCUT2D eigenvalue weighted by Crippen LogP contribution is 2.28. The molecule has 1 aliphatic rings. The summed E-state index contributed by atoms with van der Waals surface area (Å²) in [5.41, 5.74) is 0.460. The van der Waals surface area contributed by atoms with E-state index in [1.54, 1.807) is 18.3 Å². The molecule has 1 fully saturated rings. The number of likely N-dealkylation sites (tertiary alicyclic amines) is 1. The zero-order chi connectivity index (χ0) is 18.3. The van der Waals surface area contributed by atoms with Crippen molar-refractivity contribution in [1.82, 2.24) is 9.97 Å². The third kappa shape index (κ3) is 2.98. The number of rotatable bonds is 4. The Morgan fingerprint density at radius 1 is 1.50 bits per heavy atom. The van der Waals surface area contributed by atoms with Crippen molar-refractivity contribution in [2.45, 2.75) is 32.4 Å². The number of fused-ring (bicyclic) bond motifs is 1. The van der Waals surface area contributed by atoms with Crippen molar-refractivity contribution >= 4 is 38.9 Å². The molecule has 2 atom stereocenters.